The number of imidazole rings is 1. The van der Waals surface area contributed by atoms with E-state index in [9.17, 15) is 0 Å². The molecule has 1 unspecified atom stereocenters. The number of fused-ring (bicyclic) bond motifs is 1. The molecule has 2 aromatic heterocycles. The van der Waals surface area contributed by atoms with Crippen molar-refractivity contribution in [3.8, 4) is 0 Å². The van der Waals surface area contributed by atoms with Crippen molar-refractivity contribution in [3.63, 3.8) is 0 Å². The summed E-state index contributed by atoms with van der Waals surface area (Å²) in [4.78, 5) is 9.14. The molecular weight excluding hydrogens is 358 g/mol. The maximum absolute atomic E-state index is 5.92. The maximum Gasteiger partial charge on any atom is 0.115 e. The van der Waals surface area contributed by atoms with Gasteiger partial charge >= 0.3 is 0 Å². The van der Waals surface area contributed by atoms with E-state index >= 15 is 0 Å². The molecule has 0 spiro atoms. The lowest BCUT2D eigenvalue weighted by Gasteiger charge is -2.15. The molecule has 0 fully saturated rings. The number of hydrogen-bond donors (Lipinski definition) is 0. The van der Waals surface area contributed by atoms with Crippen molar-refractivity contribution in [3.05, 3.63) is 45.1 Å². The molecule has 3 rings (SSSR count). The SMILES string of the molecule is CC(c1nccs1)n1c(CCCl)nc2cc(Br)ccc21. The van der Waals surface area contributed by atoms with E-state index < -0.39 is 0 Å². The van der Waals surface area contributed by atoms with Crippen LogP contribution in [0.25, 0.3) is 11.0 Å². The summed E-state index contributed by atoms with van der Waals surface area (Å²) in [6.45, 7) is 2.15. The van der Waals surface area contributed by atoms with Gasteiger partial charge in [-0.2, -0.15) is 0 Å². The van der Waals surface area contributed by atoms with Crippen LogP contribution >= 0.6 is 38.9 Å². The Morgan fingerprint density at radius 2 is 2.30 bits per heavy atom. The molecule has 1 aromatic carbocycles. The van der Waals surface area contributed by atoms with Gasteiger partial charge < -0.3 is 4.57 Å². The van der Waals surface area contributed by atoms with Gasteiger partial charge in [0.05, 0.1) is 17.1 Å². The number of nitrogens with zero attached hydrogens (tertiary/aromatic N) is 3. The van der Waals surface area contributed by atoms with Crippen LogP contribution in [-0.4, -0.2) is 20.4 Å². The molecule has 0 aliphatic heterocycles. The van der Waals surface area contributed by atoms with E-state index in [4.69, 9.17) is 16.6 Å². The largest absolute Gasteiger partial charge is 0.318 e. The zero-order valence-electron chi connectivity index (χ0n) is 10.9. The van der Waals surface area contributed by atoms with Gasteiger partial charge in [-0.15, -0.1) is 22.9 Å². The fraction of sp³-hybridized carbons (Fsp3) is 0.286. The number of hydrogen-bond acceptors (Lipinski definition) is 3. The summed E-state index contributed by atoms with van der Waals surface area (Å²) in [6.07, 6.45) is 2.59. The zero-order chi connectivity index (χ0) is 14.1. The second kappa shape index (κ2) is 5.84. The minimum Gasteiger partial charge on any atom is -0.318 e. The molecule has 0 bridgehead atoms. The molecule has 0 radical (unpaired) electrons. The molecule has 3 aromatic rings. The molecule has 0 aliphatic rings. The van der Waals surface area contributed by atoms with E-state index in [1.807, 2.05) is 23.7 Å². The Hall–Kier alpha value is -0.910. The summed E-state index contributed by atoms with van der Waals surface area (Å²) in [5.74, 6) is 1.57. The zero-order valence-corrected chi connectivity index (χ0v) is 14.0. The first-order valence-corrected chi connectivity index (χ1v) is 8.53. The summed E-state index contributed by atoms with van der Waals surface area (Å²) < 4.78 is 3.28. The van der Waals surface area contributed by atoms with Crippen molar-refractivity contribution >= 4 is 49.9 Å². The Kier molecular flexibility index (Phi) is 4.10. The highest BCUT2D eigenvalue weighted by molar-refractivity contribution is 9.10. The number of thiazole rings is 1. The van der Waals surface area contributed by atoms with Crippen molar-refractivity contribution in [2.75, 3.05) is 5.88 Å². The fourth-order valence-electron chi connectivity index (χ4n) is 2.37. The molecule has 0 amide bonds. The van der Waals surface area contributed by atoms with Crippen molar-refractivity contribution in [1.29, 1.82) is 0 Å². The van der Waals surface area contributed by atoms with E-state index in [2.05, 4.69) is 38.5 Å². The lowest BCUT2D eigenvalue weighted by atomic mass is 10.2. The van der Waals surface area contributed by atoms with Crippen molar-refractivity contribution in [2.45, 2.75) is 19.4 Å². The predicted octanol–water partition coefficient (Wildman–Crippen LogP) is 4.65. The first kappa shape index (κ1) is 14.0. The quantitative estimate of drug-likeness (QED) is 0.626. The Balaban J connectivity index is 2.18. The van der Waals surface area contributed by atoms with Crippen LogP contribution in [0.3, 0.4) is 0 Å². The smallest absolute Gasteiger partial charge is 0.115 e. The molecule has 104 valence electrons. The van der Waals surface area contributed by atoms with E-state index in [-0.39, 0.29) is 6.04 Å². The third kappa shape index (κ3) is 2.50. The minimum atomic E-state index is 0.166. The average Bonchev–Trinajstić information content (AvgIpc) is 3.05. The number of aryl methyl sites for hydroxylation is 1. The number of rotatable bonds is 4. The summed E-state index contributed by atoms with van der Waals surface area (Å²) in [7, 11) is 0. The first-order chi connectivity index (χ1) is 9.70. The molecule has 1 atom stereocenters. The van der Waals surface area contributed by atoms with Gasteiger partial charge in [0, 0.05) is 28.4 Å². The normalized spacial score (nSPS) is 12.9. The van der Waals surface area contributed by atoms with Gasteiger partial charge in [-0.25, -0.2) is 9.97 Å². The topological polar surface area (TPSA) is 30.7 Å². The molecule has 0 saturated heterocycles. The third-order valence-corrected chi connectivity index (χ3v) is 4.87. The third-order valence-electron chi connectivity index (χ3n) is 3.24. The van der Waals surface area contributed by atoms with Gasteiger partial charge in [-0.3, -0.25) is 0 Å². The van der Waals surface area contributed by atoms with Gasteiger partial charge in [0.2, 0.25) is 0 Å². The molecule has 0 N–H and O–H groups in total. The fourth-order valence-corrected chi connectivity index (χ4v) is 3.57. The van der Waals surface area contributed by atoms with Crippen molar-refractivity contribution in [1.82, 2.24) is 14.5 Å². The maximum atomic E-state index is 5.92. The molecule has 20 heavy (non-hydrogen) atoms. The van der Waals surface area contributed by atoms with Crippen LogP contribution in [0.2, 0.25) is 0 Å². The molecular formula is C14H13BrClN3S. The van der Waals surface area contributed by atoms with Crippen LogP contribution in [0, 0.1) is 0 Å². The highest BCUT2D eigenvalue weighted by Crippen LogP contribution is 2.29. The Labute approximate surface area is 134 Å². The molecule has 2 heterocycles. The molecule has 3 nitrogen and oxygen atoms in total. The van der Waals surface area contributed by atoms with Crippen LogP contribution in [0.15, 0.2) is 34.2 Å². The van der Waals surface area contributed by atoms with E-state index in [0.717, 1.165) is 32.8 Å². The summed E-state index contributed by atoms with van der Waals surface area (Å²) in [6, 6.07) is 6.34. The lowest BCUT2D eigenvalue weighted by molar-refractivity contribution is 0.620. The lowest BCUT2D eigenvalue weighted by Crippen LogP contribution is -2.11. The van der Waals surface area contributed by atoms with E-state index in [1.54, 1.807) is 11.3 Å². The van der Waals surface area contributed by atoms with Gasteiger partial charge in [0.25, 0.3) is 0 Å². The van der Waals surface area contributed by atoms with Crippen LogP contribution in [0.1, 0.15) is 23.8 Å². The number of benzene rings is 1. The summed E-state index contributed by atoms with van der Waals surface area (Å²) in [5.41, 5.74) is 2.11. The van der Waals surface area contributed by atoms with Crippen LogP contribution < -0.4 is 0 Å². The van der Waals surface area contributed by atoms with Crippen LogP contribution in [0.4, 0.5) is 0 Å². The monoisotopic (exact) mass is 369 g/mol. The molecule has 6 heteroatoms. The van der Waals surface area contributed by atoms with Gasteiger partial charge in [-0.1, -0.05) is 15.9 Å². The Morgan fingerprint density at radius 1 is 1.45 bits per heavy atom. The average molecular weight is 371 g/mol. The van der Waals surface area contributed by atoms with Gasteiger partial charge in [0.1, 0.15) is 10.8 Å². The Morgan fingerprint density at radius 3 is 3.00 bits per heavy atom. The van der Waals surface area contributed by atoms with E-state index in [0.29, 0.717) is 5.88 Å². The highest BCUT2D eigenvalue weighted by Gasteiger charge is 2.18. The second-order valence-corrected chi connectivity index (χ2v) is 6.74. The van der Waals surface area contributed by atoms with Crippen molar-refractivity contribution in [2.24, 2.45) is 0 Å². The Bertz CT molecular complexity index is 723. The standard InChI is InChI=1S/C14H13BrClN3S/c1-9(14-17-6-7-20-14)19-12-3-2-10(15)8-11(12)18-13(19)4-5-16/h2-3,6-9H,4-5H2,1H3. The van der Waals surface area contributed by atoms with Gasteiger partial charge in [0.15, 0.2) is 0 Å². The number of alkyl halides is 1. The molecule has 0 aliphatic carbocycles. The predicted molar refractivity (Wildman–Crippen MR) is 87.8 cm³/mol. The highest BCUT2D eigenvalue weighted by atomic mass is 79.9. The summed E-state index contributed by atoms with van der Waals surface area (Å²) >= 11 is 11.1. The first-order valence-electron chi connectivity index (χ1n) is 6.32. The van der Waals surface area contributed by atoms with E-state index in [1.165, 1.54) is 0 Å². The number of halogens is 2. The molecule has 0 saturated carbocycles. The minimum absolute atomic E-state index is 0.166. The second-order valence-electron chi connectivity index (χ2n) is 4.52. The van der Waals surface area contributed by atoms with Crippen molar-refractivity contribution < 1.29 is 0 Å². The van der Waals surface area contributed by atoms with Gasteiger partial charge in [-0.05, 0) is 25.1 Å². The summed E-state index contributed by atoms with van der Waals surface area (Å²) in [5, 5.41) is 3.09. The van der Waals surface area contributed by atoms with Crippen LogP contribution in [0.5, 0.6) is 0 Å². The number of aromatic nitrogens is 3. The van der Waals surface area contributed by atoms with Crippen LogP contribution in [-0.2, 0) is 6.42 Å².